The lowest BCUT2D eigenvalue weighted by Gasteiger charge is -2.21. The van der Waals surface area contributed by atoms with Gasteiger partial charge in [-0.05, 0) is 25.1 Å². The predicted octanol–water partition coefficient (Wildman–Crippen LogP) is 1.61. The molecule has 16 heavy (non-hydrogen) atoms. The van der Waals surface area contributed by atoms with Crippen LogP contribution in [0.1, 0.15) is 18.9 Å². The van der Waals surface area contributed by atoms with Crippen LogP contribution in [0.5, 0.6) is 0 Å². The first kappa shape index (κ1) is 12.9. The van der Waals surface area contributed by atoms with Crippen LogP contribution >= 0.6 is 0 Å². The Morgan fingerprint density at radius 3 is 2.69 bits per heavy atom. The van der Waals surface area contributed by atoms with E-state index in [2.05, 4.69) is 6.92 Å². The third-order valence-corrected chi connectivity index (χ3v) is 2.49. The zero-order chi connectivity index (χ0) is 12.0. The highest BCUT2D eigenvalue weighted by Gasteiger charge is 2.10. The van der Waals surface area contributed by atoms with Gasteiger partial charge in [0.15, 0.2) is 0 Å². The standard InChI is InChI=1S/C12H19FN2O/c1-2-6-15(7-8-16)9-10-11(13)4-3-5-12(10)14/h3-5,16H,2,6-9,14H2,1H3. The SMILES string of the molecule is CCCN(CCO)Cc1c(N)cccc1F. The van der Waals surface area contributed by atoms with Gasteiger partial charge in [0, 0.05) is 24.3 Å². The Morgan fingerprint density at radius 2 is 2.12 bits per heavy atom. The van der Waals surface area contributed by atoms with Crippen LogP contribution in [0.4, 0.5) is 10.1 Å². The molecule has 0 saturated heterocycles. The molecule has 0 amide bonds. The summed E-state index contributed by atoms with van der Waals surface area (Å²) in [6.07, 6.45) is 0.967. The minimum absolute atomic E-state index is 0.0777. The molecular formula is C12H19FN2O. The van der Waals surface area contributed by atoms with Gasteiger partial charge in [-0.25, -0.2) is 4.39 Å². The van der Waals surface area contributed by atoms with Crippen LogP contribution in [0, 0.1) is 5.82 Å². The summed E-state index contributed by atoms with van der Waals surface area (Å²) in [5.74, 6) is -0.279. The van der Waals surface area contributed by atoms with Crippen LogP contribution in [0.25, 0.3) is 0 Å². The highest BCUT2D eigenvalue weighted by molar-refractivity contribution is 5.47. The molecule has 0 fully saturated rings. The molecule has 1 aromatic rings. The molecule has 3 N–H and O–H groups in total. The molecule has 0 heterocycles. The Kier molecular flexibility index (Phi) is 5.22. The molecule has 0 aliphatic heterocycles. The van der Waals surface area contributed by atoms with E-state index in [4.69, 9.17) is 10.8 Å². The first-order chi connectivity index (χ1) is 7.69. The number of nitrogens with zero attached hydrogens (tertiary/aromatic N) is 1. The van der Waals surface area contributed by atoms with Gasteiger partial charge in [0.2, 0.25) is 0 Å². The van der Waals surface area contributed by atoms with Crippen LogP contribution in [0.15, 0.2) is 18.2 Å². The predicted molar refractivity (Wildman–Crippen MR) is 63.5 cm³/mol. The number of aliphatic hydroxyl groups is 1. The van der Waals surface area contributed by atoms with Crippen molar-refractivity contribution in [3.05, 3.63) is 29.6 Å². The lowest BCUT2D eigenvalue weighted by Crippen LogP contribution is -2.28. The molecule has 0 spiro atoms. The smallest absolute Gasteiger partial charge is 0.129 e. The lowest BCUT2D eigenvalue weighted by atomic mass is 10.1. The monoisotopic (exact) mass is 226 g/mol. The third-order valence-electron chi connectivity index (χ3n) is 2.49. The maximum atomic E-state index is 13.5. The van der Waals surface area contributed by atoms with Crippen LogP contribution in [-0.4, -0.2) is 29.7 Å². The van der Waals surface area contributed by atoms with Gasteiger partial charge in [-0.15, -0.1) is 0 Å². The fourth-order valence-electron chi connectivity index (χ4n) is 1.69. The normalized spacial score (nSPS) is 11.0. The summed E-state index contributed by atoms with van der Waals surface area (Å²) < 4.78 is 13.5. The van der Waals surface area contributed by atoms with Crippen molar-refractivity contribution in [3.63, 3.8) is 0 Å². The maximum absolute atomic E-state index is 13.5. The average molecular weight is 226 g/mol. The lowest BCUT2D eigenvalue weighted by molar-refractivity contribution is 0.189. The van der Waals surface area contributed by atoms with Crippen molar-refractivity contribution in [1.82, 2.24) is 4.90 Å². The van der Waals surface area contributed by atoms with E-state index in [0.29, 0.717) is 24.3 Å². The minimum Gasteiger partial charge on any atom is -0.398 e. The largest absolute Gasteiger partial charge is 0.398 e. The fourth-order valence-corrected chi connectivity index (χ4v) is 1.69. The van der Waals surface area contributed by atoms with E-state index >= 15 is 0 Å². The second kappa shape index (κ2) is 6.45. The van der Waals surface area contributed by atoms with Crippen LogP contribution in [-0.2, 0) is 6.54 Å². The summed E-state index contributed by atoms with van der Waals surface area (Å²) in [6, 6.07) is 4.71. The number of hydrogen-bond donors (Lipinski definition) is 2. The first-order valence-corrected chi connectivity index (χ1v) is 5.55. The van der Waals surface area contributed by atoms with Crippen LogP contribution in [0.2, 0.25) is 0 Å². The molecule has 1 aromatic carbocycles. The Bertz CT molecular complexity index is 305. The fraction of sp³-hybridized carbons (Fsp3) is 0.500. The van der Waals surface area contributed by atoms with Crippen LogP contribution < -0.4 is 5.73 Å². The number of anilines is 1. The molecule has 0 aliphatic rings. The number of rotatable bonds is 6. The summed E-state index contributed by atoms with van der Waals surface area (Å²) in [7, 11) is 0. The van der Waals surface area contributed by atoms with Crippen molar-refractivity contribution < 1.29 is 9.50 Å². The average Bonchev–Trinajstić information content (AvgIpc) is 2.24. The van der Waals surface area contributed by atoms with E-state index in [1.807, 2.05) is 4.90 Å². The van der Waals surface area contributed by atoms with E-state index < -0.39 is 0 Å². The summed E-state index contributed by atoms with van der Waals surface area (Å²) in [5.41, 5.74) is 6.72. The summed E-state index contributed by atoms with van der Waals surface area (Å²) in [4.78, 5) is 1.99. The second-order valence-corrected chi connectivity index (χ2v) is 3.81. The number of nitrogen functional groups attached to an aromatic ring is 1. The van der Waals surface area contributed by atoms with Crippen molar-refractivity contribution in [1.29, 1.82) is 0 Å². The molecule has 0 aromatic heterocycles. The van der Waals surface area contributed by atoms with Gasteiger partial charge < -0.3 is 10.8 Å². The highest BCUT2D eigenvalue weighted by Crippen LogP contribution is 2.17. The van der Waals surface area contributed by atoms with E-state index in [0.717, 1.165) is 13.0 Å². The molecule has 4 heteroatoms. The van der Waals surface area contributed by atoms with Crippen molar-refractivity contribution in [2.75, 3.05) is 25.4 Å². The van der Waals surface area contributed by atoms with E-state index in [-0.39, 0.29) is 12.4 Å². The minimum atomic E-state index is -0.279. The molecule has 1 rings (SSSR count). The Labute approximate surface area is 95.7 Å². The summed E-state index contributed by atoms with van der Waals surface area (Å²) in [5, 5.41) is 8.91. The Morgan fingerprint density at radius 1 is 1.38 bits per heavy atom. The van der Waals surface area contributed by atoms with E-state index in [9.17, 15) is 4.39 Å². The number of halogens is 1. The van der Waals surface area contributed by atoms with Gasteiger partial charge in [-0.3, -0.25) is 4.90 Å². The van der Waals surface area contributed by atoms with E-state index in [1.165, 1.54) is 6.07 Å². The Balaban J connectivity index is 2.76. The Hall–Kier alpha value is -1.13. The topological polar surface area (TPSA) is 49.5 Å². The molecule has 0 unspecified atom stereocenters. The second-order valence-electron chi connectivity index (χ2n) is 3.81. The van der Waals surface area contributed by atoms with Gasteiger partial charge in [0.05, 0.1) is 6.61 Å². The van der Waals surface area contributed by atoms with Gasteiger partial charge in [0.1, 0.15) is 5.82 Å². The highest BCUT2D eigenvalue weighted by atomic mass is 19.1. The van der Waals surface area contributed by atoms with Crippen LogP contribution in [0.3, 0.4) is 0 Å². The number of hydrogen-bond acceptors (Lipinski definition) is 3. The van der Waals surface area contributed by atoms with Crippen molar-refractivity contribution in [3.8, 4) is 0 Å². The number of aliphatic hydroxyl groups excluding tert-OH is 1. The maximum Gasteiger partial charge on any atom is 0.129 e. The molecule has 0 bridgehead atoms. The summed E-state index contributed by atoms with van der Waals surface area (Å²) in [6.45, 7) is 3.95. The summed E-state index contributed by atoms with van der Waals surface area (Å²) >= 11 is 0. The number of nitrogens with two attached hydrogens (primary N) is 1. The van der Waals surface area contributed by atoms with Crippen molar-refractivity contribution >= 4 is 5.69 Å². The molecule has 90 valence electrons. The molecule has 0 saturated carbocycles. The molecule has 0 atom stereocenters. The first-order valence-electron chi connectivity index (χ1n) is 5.55. The third kappa shape index (κ3) is 3.47. The van der Waals surface area contributed by atoms with Gasteiger partial charge >= 0.3 is 0 Å². The zero-order valence-corrected chi connectivity index (χ0v) is 9.62. The number of benzene rings is 1. The molecule has 0 aliphatic carbocycles. The quantitative estimate of drug-likeness (QED) is 0.725. The van der Waals surface area contributed by atoms with Gasteiger partial charge in [-0.2, -0.15) is 0 Å². The molecular weight excluding hydrogens is 207 g/mol. The molecule has 3 nitrogen and oxygen atoms in total. The van der Waals surface area contributed by atoms with Crippen molar-refractivity contribution in [2.45, 2.75) is 19.9 Å². The van der Waals surface area contributed by atoms with Crippen molar-refractivity contribution in [2.24, 2.45) is 0 Å². The zero-order valence-electron chi connectivity index (χ0n) is 9.62. The molecule has 0 radical (unpaired) electrons. The van der Waals surface area contributed by atoms with Gasteiger partial charge in [0.25, 0.3) is 0 Å². The van der Waals surface area contributed by atoms with Gasteiger partial charge in [-0.1, -0.05) is 13.0 Å². The van der Waals surface area contributed by atoms with E-state index in [1.54, 1.807) is 12.1 Å².